The summed E-state index contributed by atoms with van der Waals surface area (Å²) in [6.45, 7) is 7.84. The maximum Gasteiger partial charge on any atom is 0.244 e. The fraction of sp³-hybridized carbons (Fsp3) is 0.316. The Morgan fingerprint density at radius 2 is 2.13 bits per heavy atom. The van der Waals surface area contributed by atoms with Crippen molar-refractivity contribution in [1.82, 2.24) is 5.32 Å². The topological polar surface area (TPSA) is 51.5 Å². The summed E-state index contributed by atoms with van der Waals surface area (Å²) < 4.78 is 11.2. The molecule has 0 bridgehead atoms. The minimum absolute atomic E-state index is 0.261. The summed E-state index contributed by atoms with van der Waals surface area (Å²) in [4.78, 5) is 11.8. The number of benzene rings is 1. The van der Waals surface area contributed by atoms with Crippen LogP contribution in [-0.4, -0.2) is 13.0 Å². The third-order valence-corrected chi connectivity index (χ3v) is 3.57. The van der Waals surface area contributed by atoms with Gasteiger partial charge in [-0.2, -0.15) is 0 Å². The SMILES string of the molecule is C=CC(=O)NC(c1ccco1)c1cccc(CC(C)C)c1OC. The van der Waals surface area contributed by atoms with Gasteiger partial charge in [0, 0.05) is 5.56 Å². The second-order valence-electron chi connectivity index (χ2n) is 5.80. The maximum atomic E-state index is 11.8. The lowest BCUT2D eigenvalue weighted by Gasteiger charge is -2.21. The first-order chi connectivity index (χ1) is 11.1. The Kier molecular flexibility index (Phi) is 5.63. The summed E-state index contributed by atoms with van der Waals surface area (Å²) in [7, 11) is 1.65. The lowest BCUT2D eigenvalue weighted by atomic mass is 9.95. The van der Waals surface area contributed by atoms with Crippen LogP contribution >= 0.6 is 0 Å². The molecular formula is C19H23NO3. The van der Waals surface area contributed by atoms with E-state index >= 15 is 0 Å². The number of methoxy groups -OCH3 is 1. The molecule has 1 atom stereocenters. The molecule has 1 amide bonds. The molecule has 1 unspecified atom stereocenters. The molecule has 0 spiro atoms. The number of ether oxygens (including phenoxy) is 1. The fourth-order valence-electron chi connectivity index (χ4n) is 2.64. The second kappa shape index (κ2) is 7.68. The molecule has 0 radical (unpaired) electrons. The normalized spacial score (nSPS) is 12.0. The highest BCUT2D eigenvalue weighted by Gasteiger charge is 2.23. The molecule has 2 rings (SSSR count). The molecule has 0 saturated carbocycles. The molecule has 4 nitrogen and oxygen atoms in total. The van der Waals surface area contributed by atoms with E-state index in [0.29, 0.717) is 11.7 Å². The van der Waals surface area contributed by atoms with E-state index in [1.165, 1.54) is 6.08 Å². The van der Waals surface area contributed by atoms with Crippen molar-refractivity contribution in [3.05, 3.63) is 66.1 Å². The number of rotatable bonds is 7. The monoisotopic (exact) mass is 313 g/mol. The Balaban J connectivity index is 2.49. The van der Waals surface area contributed by atoms with Crippen LogP contribution in [0.1, 0.15) is 36.8 Å². The Labute approximate surface area is 137 Å². The first-order valence-corrected chi connectivity index (χ1v) is 7.69. The van der Waals surface area contributed by atoms with Crippen LogP contribution in [0.4, 0.5) is 0 Å². The van der Waals surface area contributed by atoms with Gasteiger partial charge in [0.1, 0.15) is 17.6 Å². The molecule has 1 aromatic carbocycles. The van der Waals surface area contributed by atoms with Gasteiger partial charge in [0.2, 0.25) is 5.91 Å². The summed E-state index contributed by atoms with van der Waals surface area (Å²) in [5.41, 5.74) is 1.99. The molecule has 122 valence electrons. The van der Waals surface area contributed by atoms with Gasteiger partial charge < -0.3 is 14.5 Å². The minimum Gasteiger partial charge on any atom is -0.496 e. The number of para-hydroxylation sites is 1. The molecule has 0 aliphatic rings. The highest BCUT2D eigenvalue weighted by Crippen LogP contribution is 2.34. The van der Waals surface area contributed by atoms with Crippen molar-refractivity contribution < 1.29 is 13.9 Å². The Hall–Kier alpha value is -2.49. The van der Waals surface area contributed by atoms with E-state index in [2.05, 4.69) is 31.8 Å². The number of nitrogens with one attached hydrogen (secondary N) is 1. The number of furan rings is 1. The first kappa shape index (κ1) is 16.9. The smallest absolute Gasteiger partial charge is 0.244 e. The molecule has 0 aliphatic carbocycles. The van der Waals surface area contributed by atoms with E-state index in [4.69, 9.17) is 9.15 Å². The van der Waals surface area contributed by atoms with E-state index in [0.717, 1.165) is 23.3 Å². The number of hydrogen-bond donors (Lipinski definition) is 1. The van der Waals surface area contributed by atoms with Gasteiger partial charge in [-0.05, 0) is 36.1 Å². The first-order valence-electron chi connectivity index (χ1n) is 7.69. The van der Waals surface area contributed by atoms with Crippen LogP contribution in [0.15, 0.2) is 53.7 Å². The van der Waals surface area contributed by atoms with Gasteiger partial charge in [-0.3, -0.25) is 4.79 Å². The van der Waals surface area contributed by atoms with E-state index in [1.54, 1.807) is 19.4 Å². The number of carbonyl (C=O) groups excluding carboxylic acids is 1. The summed E-state index contributed by atoms with van der Waals surface area (Å²) in [5.74, 6) is 1.68. The molecular weight excluding hydrogens is 290 g/mol. The van der Waals surface area contributed by atoms with Gasteiger partial charge in [0.15, 0.2) is 0 Å². The Morgan fingerprint density at radius 1 is 1.35 bits per heavy atom. The zero-order valence-corrected chi connectivity index (χ0v) is 13.8. The average molecular weight is 313 g/mol. The van der Waals surface area contributed by atoms with Crippen molar-refractivity contribution in [2.75, 3.05) is 7.11 Å². The lowest BCUT2D eigenvalue weighted by Crippen LogP contribution is -2.27. The van der Waals surface area contributed by atoms with Gasteiger partial charge in [0.25, 0.3) is 0 Å². The molecule has 1 N–H and O–H groups in total. The van der Waals surface area contributed by atoms with Crippen molar-refractivity contribution in [3.63, 3.8) is 0 Å². The molecule has 1 aromatic heterocycles. The molecule has 0 aliphatic heterocycles. The van der Waals surface area contributed by atoms with Crippen LogP contribution in [0, 0.1) is 5.92 Å². The van der Waals surface area contributed by atoms with Crippen molar-refractivity contribution in [2.45, 2.75) is 26.3 Å². The predicted molar refractivity (Wildman–Crippen MR) is 90.4 cm³/mol. The molecule has 4 heteroatoms. The summed E-state index contributed by atoms with van der Waals surface area (Å²) in [5, 5.41) is 2.91. The van der Waals surface area contributed by atoms with E-state index in [9.17, 15) is 4.79 Å². The van der Waals surface area contributed by atoms with Crippen LogP contribution in [0.5, 0.6) is 5.75 Å². The van der Waals surface area contributed by atoms with Crippen LogP contribution < -0.4 is 10.1 Å². The van der Waals surface area contributed by atoms with E-state index in [-0.39, 0.29) is 5.91 Å². The van der Waals surface area contributed by atoms with Crippen molar-refractivity contribution in [2.24, 2.45) is 5.92 Å². The van der Waals surface area contributed by atoms with E-state index in [1.807, 2.05) is 18.2 Å². The number of hydrogen-bond acceptors (Lipinski definition) is 3. The van der Waals surface area contributed by atoms with Crippen molar-refractivity contribution >= 4 is 5.91 Å². The van der Waals surface area contributed by atoms with Crippen molar-refractivity contribution in [3.8, 4) is 5.75 Å². The summed E-state index contributed by atoms with van der Waals surface area (Å²) >= 11 is 0. The molecule has 23 heavy (non-hydrogen) atoms. The average Bonchev–Trinajstić information content (AvgIpc) is 3.05. The highest BCUT2D eigenvalue weighted by molar-refractivity contribution is 5.87. The summed E-state index contributed by atoms with van der Waals surface area (Å²) in [6.07, 6.45) is 3.74. The van der Waals surface area contributed by atoms with Crippen molar-refractivity contribution in [1.29, 1.82) is 0 Å². The van der Waals surface area contributed by atoms with E-state index < -0.39 is 6.04 Å². The van der Waals surface area contributed by atoms with Gasteiger partial charge in [-0.25, -0.2) is 0 Å². The molecule has 0 saturated heterocycles. The summed E-state index contributed by atoms with van der Waals surface area (Å²) in [6, 6.07) is 9.19. The van der Waals surface area contributed by atoms with Crippen LogP contribution in [0.2, 0.25) is 0 Å². The van der Waals surface area contributed by atoms with Crippen LogP contribution in [-0.2, 0) is 11.2 Å². The minimum atomic E-state index is -0.419. The zero-order valence-electron chi connectivity index (χ0n) is 13.8. The Bertz CT molecular complexity index is 659. The zero-order chi connectivity index (χ0) is 16.8. The standard InChI is InChI=1S/C19H23NO3/c1-5-17(21)20-18(16-10-7-11-23-16)15-9-6-8-14(12-13(2)3)19(15)22-4/h5-11,13,18H,1,12H2,2-4H3,(H,20,21). The van der Waals surface area contributed by atoms with Gasteiger partial charge in [-0.1, -0.05) is 38.6 Å². The third kappa shape index (κ3) is 4.03. The van der Waals surface area contributed by atoms with Crippen LogP contribution in [0.3, 0.4) is 0 Å². The predicted octanol–water partition coefficient (Wildman–Crippen LogP) is 3.88. The largest absolute Gasteiger partial charge is 0.496 e. The molecule has 2 aromatic rings. The fourth-order valence-corrected chi connectivity index (χ4v) is 2.64. The molecule has 0 fully saturated rings. The number of amides is 1. The second-order valence-corrected chi connectivity index (χ2v) is 5.80. The van der Waals surface area contributed by atoms with Crippen LogP contribution in [0.25, 0.3) is 0 Å². The number of carbonyl (C=O) groups is 1. The third-order valence-electron chi connectivity index (χ3n) is 3.57. The van der Waals surface area contributed by atoms with Gasteiger partial charge in [-0.15, -0.1) is 0 Å². The van der Waals surface area contributed by atoms with Gasteiger partial charge in [0.05, 0.1) is 13.4 Å². The maximum absolute atomic E-state index is 11.8. The van der Waals surface area contributed by atoms with Gasteiger partial charge >= 0.3 is 0 Å². The highest BCUT2D eigenvalue weighted by atomic mass is 16.5. The lowest BCUT2D eigenvalue weighted by molar-refractivity contribution is -0.117. The quantitative estimate of drug-likeness (QED) is 0.789. The Morgan fingerprint density at radius 3 is 2.70 bits per heavy atom. The molecule has 1 heterocycles.